The first-order valence-corrected chi connectivity index (χ1v) is 7.91. The zero-order chi connectivity index (χ0) is 15.1. The van der Waals surface area contributed by atoms with E-state index in [1.165, 1.54) is 0 Å². The molecule has 0 fully saturated rings. The minimum Gasteiger partial charge on any atom is -0.493 e. The lowest BCUT2D eigenvalue weighted by Crippen LogP contribution is -2.10. The van der Waals surface area contributed by atoms with E-state index in [9.17, 15) is 9.59 Å². The zero-order valence-electron chi connectivity index (χ0n) is 12.8. The summed E-state index contributed by atoms with van der Waals surface area (Å²) in [6, 6.07) is 5.89. The van der Waals surface area contributed by atoms with E-state index >= 15 is 0 Å². The number of Topliss-reactive ketones (excluding diaryl/α,β-unsaturated/α-hetero) is 2. The second-order valence-electron chi connectivity index (χ2n) is 5.82. The second kappa shape index (κ2) is 7.96. The molecule has 0 unspecified atom stereocenters. The minimum atomic E-state index is 0.170. The molecule has 0 atom stereocenters. The van der Waals surface area contributed by atoms with Gasteiger partial charge >= 0.3 is 0 Å². The van der Waals surface area contributed by atoms with Gasteiger partial charge in [0.15, 0.2) is 0 Å². The van der Waals surface area contributed by atoms with Gasteiger partial charge in [0.2, 0.25) is 0 Å². The number of carbonyl (C=O) groups excluding carboxylic acids is 2. The fourth-order valence-corrected chi connectivity index (χ4v) is 2.76. The number of benzene rings is 1. The van der Waals surface area contributed by atoms with E-state index in [1.807, 2.05) is 18.2 Å². The van der Waals surface area contributed by atoms with Gasteiger partial charge in [0.25, 0.3) is 0 Å². The predicted molar refractivity (Wildman–Crippen MR) is 82.7 cm³/mol. The largest absolute Gasteiger partial charge is 0.493 e. The summed E-state index contributed by atoms with van der Waals surface area (Å²) in [5, 5.41) is 0. The smallest absolute Gasteiger partial charge is 0.137 e. The maximum absolute atomic E-state index is 12.1. The van der Waals surface area contributed by atoms with Crippen LogP contribution in [0.3, 0.4) is 0 Å². The van der Waals surface area contributed by atoms with Gasteiger partial charge in [0.1, 0.15) is 17.3 Å². The molecule has 21 heavy (non-hydrogen) atoms. The Kier molecular flexibility index (Phi) is 5.97. The Bertz CT molecular complexity index is 505. The van der Waals surface area contributed by atoms with Crippen LogP contribution < -0.4 is 4.74 Å². The Labute approximate surface area is 126 Å². The SMILES string of the molecule is CC(=O)CCc1c2cccc1OCCCCCCC(=O)C2. The molecule has 0 aromatic heterocycles. The lowest BCUT2D eigenvalue weighted by molar-refractivity contribution is -0.118. The fraction of sp³-hybridized carbons (Fsp3) is 0.556. The van der Waals surface area contributed by atoms with E-state index in [0.29, 0.717) is 32.3 Å². The summed E-state index contributed by atoms with van der Waals surface area (Å²) in [5.41, 5.74) is 2.07. The van der Waals surface area contributed by atoms with Crippen LogP contribution in [0.15, 0.2) is 18.2 Å². The number of carbonyl (C=O) groups is 2. The van der Waals surface area contributed by atoms with E-state index in [-0.39, 0.29) is 11.6 Å². The Morgan fingerprint density at radius 3 is 2.81 bits per heavy atom. The summed E-state index contributed by atoms with van der Waals surface area (Å²) in [7, 11) is 0. The molecular formula is C18H24O3. The van der Waals surface area contributed by atoms with E-state index in [4.69, 9.17) is 4.74 Å². The molecule has 0 spiro atoms. The van der Waals surface area contributed by atoms with Gasteiger partial charge in [0, 0.05) is 19.3 Å². The molecule has 2 rings (SSSR count). The highest BCUT2D eigenvalue weighted by Crippen LogP contribution is 2.26. The van der Waals surface area contributed by atoms with Gasteiger partial charge in [0.05, 0.1) is 6.61 Å². The first-order chi connectivity index (χ1) is 10.2. The summed E-state index contributed by atoms with van der Waals surface area (Å²) >= 11 is 0. The molecule has 1 aliphatic rings. The maximum atomic E-state index is 12.1. The molecule has 3 heteroatoms. The molecule has 2 bridgehead atoms. The topological polar surface area (TPSA) is 43.4 Å². The average molecular weight is 288 g/mol. The third-order valence-corrected chi connectivity index (χ3v) is 3.95. The van der Waals surface area contributed by atoms with Crippen LogP contribution in [0.5, 0.6) is 5.75 Å². The van der Waals surface area contributed by atoms with Crippen molar-refractivity contribution in [3.8, 4) is 5.75 Å². The van der Waals surface area contributed by atoms with Gasteiger partial charge in [-0.05, 0) is 43.4 Å². The monoisotopic (exact) mass is 288 g/mol. The summed E-state index contributed by atoms with van der Waals surface area (Å²) < 4.78 is 5.90. The van der Waals surface area contributed by atoms with Crippen LogP contribution in [0.1, 0.15) is 56.6 Å². The first-order valence-electron chi connectivity index (χ1n) is 7.91. The van der Waals surface area contributed by atoms with Crippen LogP contribution in [-0.2, 0) is 22.4 Å². The molecule has 0 saturated carbocycles. The van der Waals surface area contributed by atoms with E-state index in [2.05, 4.69) is 0 Å². The van der Waals surface area contributed by atoms with Gasteiger partial charge < -0.3 is 9.53 Å². The van der Waals surface area contributed by atoms with Crippen molar-refractivity contribution in [3.63, 3.8) is 0 Å². The van der Waals surface area contributed by atoms with Crippen molar-refractivity contribution in [2.24, 2.45) is 0 Å². The van der Waals surface area contributed by atoms with Crippen molar-refractivity contribution in [3.05, 3.63) is 29.3 Å². The molecule has 1 heterocycles. The molecule has 0 aliphatic carbocycles. The van der Waals surface area contributed by atoms with E-state index in [1.54, 1.807) is 6.92 Å². The molecule has 0 amide bonds. The number of fused-ring (bicyclic) bond motifs is 2. The van der Waals surface area contributed by atoms with Crippen molar-refractivity contribution >= 4 is 11.6 Å². The van der Waals surface area contributed by atoms with Crippen molar-refractivity contribution in [1.82, 2.24) is 0 Å². The lowest BCUT2D eigenvalue weighted by Gasteiger charge is -2.16. The summed E-state index contributed by atoms with van der Waals surface area (Å²) in [6.45, 7) is 2.32. The van der Waals surface area contributed by atoms with E-state index < -0.39 is 0 Å². The highest BCUT2D eigenvalue weighted by molar-refractivity contribution is 5.81. The normalized spacial score (nSPS) is 16.5. The number of ketones is 2. The van der Waals surface area contributed by atoms with Crippen LogP contribution in [-0.4, -0.2) is 18.2 Å². The Morgan fingerprint density at radius 2 is 2.00 bits per heavy atom. The highest BCUT2D eigenvalue weighted by atomic mass is 16.5. The third-order valence-electron chi connectivity index (χ3n) is 3.95. The number of rotatable bonds is 3. The Hall–Kier alpha value is -1.64. The number of ether oxygens (including phenoxy) is 1. The highest BCUT2D eigenvalue weighted by Gasteiger charge is 2.14. The second-order valence-corrected chi connectivity index (χ2v) is 5.82. The summed E-state index contributed by atoms with van der Waals surface area (Å²) in [6.07, 6.45) is 6.49. The van der Waals surface area contributed by atoms with Crippen LogP contribution in [0.2, 0.25) is 0 Å². The average Bonchev–Trinajstić information content (AvgIpc) is 2.44. The standard InChI is InChI=1S/C18H24O3/c1-14(19)10-11-17-15-7-6-9-18(17)21-12-5-3-2-4-8-16(20)13-15/h6-7,9H,2-5,8,10-13H2,1H3. The molecular weight excluding hydrogens is 264 g/mol. The maximum Gasteiger partial charge on any atom is 0.137 e. The third kappa shape index (κ3) is 5.00. The van der Waals surface area contributed by atoms with Gasteiger partial charge in [-0.1, -0.05) is 25.0 Å². The molecule has 0 radical (unpaired) electrons. The molecule has 1 aromatic carbocycles. The summed E-state index contributed by atoms with van der Waals surface area (Å²) in [4.78, 5) is 23.4. The van der Waals surface area contributed by atoms with Crippen LogP contribution >= 0.6 is 0 Å². The molecule has 0 N–H and O–H groups in total. The number of hydrogen-bond acceptors (Lipinski definition) is 3. The van der Waals surface area contributed by atoms with E-state index in [0.717, 1.165) is 42.6 Å². The minimum absolute atomic E-state index is 0.170. The van der Waals surface area contributed by atoms with Crippen LogP contribution in [0, 0.1) is 0 Å². The van der Waals surface area contributed by atoms with Crippen molar-refractivity contribution in [2.75, 3.05) is 6.61 Å². The Morgan fingerprint density at radius 1 is 1.19 bits per heavy atom. The van der Waals surface area contributed by atoms with Crippen molar-refractivity contribution in [1.29, 1.82) is 0 Å². The molecule has 114 valence electrons. The first kappa shape index (κ1) is 15.7. The molecule has 0 saturated heterocycles. The molecule has 3 nitrogen and oxygen atoms in total. The van der Waals surface area contributed by atoms with Gasteiger partial charge in [-0.2, -0.15) is 0 Å². The van der Waals surface area contributed by atoms with Gasteiger partial charge in [-0.15, -0.1) is 0 Å². The molecule has 1 aromatic rings. The van der Waals surface area contributed by atoms with Gasteiger partial charge in [-0.3, -0.25) is 4.79 Å². The van der Waals surface area contributed by atoms with Crippen molar-refractivity contribution in [2.45, 2.75) is 58.3 Å². The zero-order valence-corrected chi connectivity index (χ0v) is 12.8. The number of hydrogen-bond donors (Lipinski definition) is 0. The quantitative estimate of drug-likeness (QED) is 0.852. The van der Waals surface area contributed by atoms with Crippen LogP contribution in [0.25, 0.3) is 0 Å². The van der Waals surface area contributed by atoms with Gasteiger partial charge in [-0.25, -0.2) is 0 Å². The predicted octanol–water partition coefficient (Wildman–Crippen LogP) is 3.66. The molecule has 1 aliphatic heterocycles. The Balaban J connectivity index is 2.25. The van der Waals surface area contributed by atoms with Crippen LogP contribution in [0.4, 0.5) is 0 Å². The fourth-order valence-electron chi connectivity index (χ4n) is 2.76. The lowest BCUT2D eigenvalue weighted by atomic mass is 9.95. The van der Waals surface area contributed by atoms with Crippen molar-refractivity contribution < 1.29 is 14.3 Å². The summed E-state index contributed by atoms with van der Waals surface area (Å²) in [5.74, 6) is 1.31.